The highest BCUT2D eigenvalue weighted by Crippen LogP contribution is 2.23. The zero-order valence-corrected chi connectivity index (χ0v) is 13.2. The molecular formula is C16H15N8+. The molecule has 3 N–H and O–H groups in total. The van der Waals surface area contributed by atoms with Crippen LogP contribution in [0.15, 0.2) is 30.7 Å². The van der Waals surface area contributed by atoms with Crippen molar-refractivity contribution >= 4 is 22.4 Å². The number of hydrogen-bond donors (Lipinski definition) is 2. The first-order chi connectivity index (χ1) is 11.6. The van der Waals surface area contributed by atoms with Crippen LogP contribution in [0.4, 0.5) is 11.4 Å². The van der Waals surface area contributed by atoms with E-state index in [0.29, 0.717) is 22.8 Å². The van der Waals surface area contributed by atoms with Gasteiger partial charge in [-0.2, -0.15) is 15.0 Å². The predicted molar refractivity (Wildman–Crippen MR) is 92.0 cm³/mol. The molecule has 0 amide bonds. The van der Waals surface area contributed by atoms with Crippen molar-refractivity contribution in [1.29, 1.82) is 5.26 Å². The van der Waals surface area contributed by atoms with Crippen molar-refractivity contribution in [2.24, 2.45) is 0 Å². The Labute approximate surface area is 138 Å². The predicted octanol–water partition coefficient (Wildman–Crippen LogP) is 2.03. The van der Waals surface area contributed by atoms with Crippen molar-refractivity contribution in [3.8, 4) is 18.0 Å². The standard InChI is InChI=1S/C16H15N8/c1-10(5-17)23-14-4-15(20-9-13(14)18)24-16-12(8-22-24)3-11(6-19-2)7-21-16/h3-4,7-10H,18H2,1-2H3,(H,20,23)/q+1/t10-/m1/s1. The minimum atomic E-state index is -0.374. The topological polar surface area (TPSA) is 110 Å². The first kappa shape index (κ1) is 15.3. The summed E-state index contributed by atoms with van der Waals surface area (Å²) in [5, 5.41) is 17.2. The van der Waals surface area contributed by atoms with Gasteiger partial charge >= 0.3 is 6.07 Å². The summed E-state index contributed by atoms with van der Waals surface area (Å²) in [4.78, 5) is 12.6. The number of hydrogen-bond acceptors (Lipinski definition) is 6. The molecule has 0 saturated heterocycles. The fourth-order valence-corrected chi connectivity index (χ4v) is 2.24. The van der Waals surface area contributed by atoms with Crippen molar-refractivity contribution in [2.75, 3.05) is 18.1 Å². The normalized spacial score (nSPS) is 11.4. The highest BCUT2D eigenvalue weighted by Gasteiger charge is 2.12. The van der Waals surface area contributed by atoms with Gasteiger partial charge in [0.2, 0.25) is 0 Å². The Kier molecular flexibility index (Phi) is 3.96. The van der Waals surface area contributed by atoms with Crippen LogP contribution in [0.1, 0.15) is 12.5 Å². The molecule has 8 nitrogen and oxygen atoms in total. The number of nitriles is 1. The third kappa shape index (κ3) is 2.81. The Morgan fingerprint density at radius 1 is 1.29 bits per heavy atom. The average molecular weight is 319 g/mol. The number of nitrogen functional groups attached to an aromatic ring is 1. The largest absolute Gasteiger partial charge is 0.396 e. The lowest BCUT2D eigenvalue weighted by Crippen LogP contribution is -2.14. The van der Waals surface area contributed by atoms with Crippen molar-refractivity contribution in [3.63, 3.8) is 0 Å². The maximum absolute atomic E-state index is 8.94. The molecule has 118 valence electrons. The Morgan fingerprint density at radius 3 is 2.88 bits per heavy atom. The molecule has 3 rings (SSSR count). The van der Waals surface area contributed by atoms with E-state index in [1.165, 1.54) is 6.20 Å². The van der Waals surface area contributed by atoms with Gasteiger partial charge in [-0.1, -0.05) is 4.85 Å². The summed E-state index contributed by atoms with van der Waals surface area (Å²) >= 11 is 0. The molecule has 0 radical (unpaired) electrons. The van der Waals surface area contributed by atoms with Gasteiger partial charge in [0.05, 0.1) is 36.0 Å². The number of pyridine rings is 2. The minimum absolute atomic E-state index is 0.374. The molecule has 1 atom stereocenters. The lowest BCUT2D eigenvalue weighted by molar-refractivity contribution is 0.862. The monoisotopic (exact) mass is 319 g/mol. The Morgan fingerprint density at radius 2 is 2.12 bits per heavy atom. The first-order valence-corrected chi connectivity index (χ1v) is 7.23. The molecule has 24 heavy (non-hydrogen) atoms. The van der Waals surface area contributed by atoms with Crippen LogP contribution in [0.2, 0.25) is 0 Å². The summed E-state index contributed by atoms with van der Waals surface area (Å²) < 4.78 is 1.61. The van der Waals surface area contributed by atoms with Gasteiger partial charge in [-0.05, 0) is 13.0 Å². The van der Waals surface area contributed by atoms with Gasteiger partial charge in [0, 0.05) is 11.5 Å². The van der Waals surface area contributed by atoms with E-state index >= 15 is 0 Å². The molecule has 0 unspecified atom stereocenters. The van der Waals surface area contributed by atoms with Crippen LogP contribution in [0, 0.1) is 17.4 Å². The first-order valence-electron chi connectivity index (χ1n) is 7.23. The molecule has 8 heteroatoms. The number of aromatic nitrogens is 4. The van der Waals surface area contributed by atoms with Crippen molar-refractivity contribution in [2.45, 2.75) is 13.0 Å². The van der Waals surface area contributed by atoms with Gasteiger partial charge in [-0.25, -0.2) is 9.97 Å². The lowest BCUT2D eigenvalue weighted by Gasteiger charge is -2.12. The van der Waals surface area contributed by atoms with Crippen LogP contribution in [-0.2, 0) is 0 Å². The molecule has 0 fully saturated rings. The fourth-order valence-electron chi connectivity index (χ4n) is 2.24. The van der Waals surface area contributed by atoms with E-state index in [0.717, 1.165) is 10.9 Å². The maximum Gasteiger partial charge on any atom is 0.312 e. The van der Waals surface area contributed by atoms with Gasteiger partial charge in [-0.3, -0.25) is 0 Å². The summed E-state index contributed by atoms with van der Waals surface area (Å²) in [6, 6.07) is 8.21. The van der Waals surface area contributed by atoms with E-state index in [9.17, 15) is 0 Å². The van der Waals surface area contributed by atoms with E-state index in [1.54, 1.807) is 37.1 Å². The average Bonchev–Trinajstić information content (AvgIpc) is 3.00. The SMILES string of the molecule is C[N+]#Cc1cnc2c(cnn2-c2cc(N[C@H](C)C#N)c(N)cn2)c1. The fraction of sp³-hybridized carbons (Fsp3) is 0.188. The molecule has 3 heterocycles. The van der Waals surface area contributed by atoms with Gasteiger partial charge in [-0.15, -0.1) is 0 Å². The molecular weight excluding hydrogens is 304 g/mol. The third-order valence-corrected chi connectivity index (χ3v) is 3.35. The molecule has 0 bridgehead atoms. The highest BCUT2D eigenvalue weighted by atomic mass is 15.3. The molecule has 0 aliphatic carbocycles. The number of nitrogens with one attached hydrogen (secondary N) is 1. The van der Waals surface area contributed by atoms with E-state index < -0.39 is 0 Å². The second-order valence-electron chi connectivity index (χ2n) is 5.15. The quantitative estimate of drug-likeness (QED) is 0.764. The number of nitrogens with zero attached hydrogens (tertiary/aromatic N) is 6. The number of nitrogens with two attached hydrogens (primary N) is 1. The van der Waals surface area contributed by atoms with E-state index in [1.807, 2.05) is 6.07 Å². The summed E-state index contributed by atoms with van der Waals surface area (Å²) in [7, 11) is 1.66. The zero-order chi connectivity index (χ0) is 17.1. The Bertz CT molecular complexity index is 1000. The summed E-state index contributed by atoms with van der Waals surface area (Å²) in [6.45, 7) is 1.75. The molecule has 0 saturated carbocycles. The van der Waals surface area contributed by atoms with Gasteiger partial charge < -0.3 is 11.1 Å². The van der Waals surface area contributed by atoms with Crippen LogP contribution < -0.4 is 11.1 Å². The van der Waals surface area contributed by atoms with Crippen LogP contribution in [0.5, 0.6) is 0 Å². The van der Waals surface area contributed by atoms with Gasteiger partial charge in [0.1, 0.15) is 11.6 Å². The minimum Gasteiger partial charge on any atom is -0.396 e. The Balaban J connectivity index is 2.05. The van der Waals surface area contributed by atoms with Gasteiger partial charge in [0.25, 0.3) is 7.05 Å². The van der Waals surface area contributed by atoms with Crippen LogP contribution >= 0.6 is 0 Å². The molecule has 0 spiro atoms. The molecule has 0 aliphatic heterocycles. The molecule has 0 aliphatic rings. The van der Waals surface area contributed by atoms with Crippen molar-refractivity contribution in [1.82, 2.24) is 19.7 Å². The number of fused-ring (bicyclic) bond motifs is 1. The maximum atomic E-state index is 8.94. The van der Waals surface area contributed by atoms with Gasteiger partial charge in [0.15, 0.2) is 11.5 Å². The molecule has 3 aromatic rings. The van der Waals surface area contributed by atoms with Crippen molar-refractivity contribution in [3.05, 3.63) is 41.1 Å². The second kappa shape index (κ2) is 6.23. The smallest absolute Gasteiger partial charge is 0.312 e. The highest BCUT2D eigenvalue weighted by molar-refractivity contribution is 5.78. The summed E-state index contributed by atoms with van der Waals surface area (Å²) in [5.74, 6) is 0.556. The summed E-state index contributed by atoms with van der Waals surface area (Å²) in [6.07, 6.45) is 4.90. The molecule has 3 aromatic heterocycles. The third-order valence-electron chi connectivity index (χ3n) is 3.35. The number of anilines is 2. The number of rotatable bonds is 3. The van der Waals surface area contributed by atoms with E-state index in [4.69, 9.17) is 11.0 Å². The second-order valence-corrected chi connectivity index (χ2v) is 5.15. The van der Waals surface area contributed by atoms with Crippen LogP contribution in [-0.4, -0.2) is 32.8 Å². The summed E-state index contributed by atoms with van der Waals surface area (Å²) in [5.41, 5.74) is 8.44. The zero-order valence-electron chi connectivity index (χ0n) is 13.2. The van der Waals surface area contributed by atoms with Crippen LogP contribution in [0.3, 0.4) is 0 Å². The molecule has 0 aromatic carbocycles. The van der Waals surface area contributed by atoms with E-state index in [-0.39, 0.29) is 6.04 Å². The van der Waals surface area contributed by atoms with E-state index in [2.05, 4.69) is 37.4 Å². The lowest BCUT2D eigenvalue weighted by atomic mass is 10.2. The van der Waals surface area contributed by atoms with Crippen LogP contribution in [0.25, 0.3) is 21.7 Å². The van der Waals surface area contributed by atoms with Crippen molar-refractivity contribution < 1.29 is 0 Å². The Hall–Kier alpha value is -3.65.